The summed E-state index contributed by atoms with van der Waals surface area (Å²) < 4.78 is 13.5. The summed E-state index contributed by atoms with van der Waals surface area (Å²) in [6.07, 6.45) is 0. The van der Waals surface area contributed by atoms with Crippen molar-refractivity contribution in [2.75, 3.05) is 13.1 Å². The quantitative estimate of drug-likeness (QED) is 0.275. The molecule has 2 aromatic rings. The number of aliphatic hydroxyl groups excluding tert-OH is 1. The third-order valence-electron chi connectivity index (χ3n) is 4.04. The van der Waals surface area contributed by atoms with E-state index in [1.807, 2.05) is 37.3 Å². The molecule has 0 aliphatic heterocycles. The van der Waals surface area contributed by atoms with Gasteiger partial charge in [0.25, 0.3) is 0 Å². The zero-order valence-corrected chi connectivity index (χ0v) is 17.9. The average molecular weight is 487 g/mol. The summed E-state index contributed by atoms with van der Waals surface area (Å²) in [5, 5.41) is 26.1. The normalized spacial score (nSPS) is 13.4. The van der Waals surface area contributed by atoms with E-state index in [0.29, 0.717) is 19.0 Å². The molecule has 0 fully saturated rings. The smallest absolute Gasteiger partial charge is 0.191 e. The van der Waals surface area contributed by atoms with Crippen molar-refractivity contribution in [2.45, 2.75) is 32.6 Å². The van der Waals surface area contributed by atoms with Crippen LogP contribution < -0.4 is 10.6 Å². The molecule has 0 saturated heterocycles. The van der Waals surface area contributed by atoms with E-state index in [1.165, 1.54) is 6.07 Å². The Morgan fingerprint density at radius 3 is 2.48 bits per heavy atom. The molecule has 0 radical (unpaired) electrons. The fourth-order valence-corrected chi connectivity index (χ4v) is 2.51. The molecule has 1 atom stereocenters. The van der Waals surface area contributed by atoms with E-state index in [2.05, 4.69) is 15.6 Å². The molecule has 0 saturated carbocycles. The summed E-state index contributed by atoms with van der Waals surface area (Å²) >= 11 is 0. The number of aliphatic imine (C=N–C) groups is 1. The molecule has 2 aromatic carbocycles. The summed E-state index contributed by atoms with van der Waals surface area (Å²) in [7, 11) is 0. The monoisotopic (exact) mass is 487 g/mol. The van der Waals surface area contributed by atoms with E-state index in [4.69, 9.17) is 5.11 Å². The fraction of sp³-hybridized carbons (Fsp3) is 0.350. The third kappa shape index (κ3) is 7.08. The van der Waals surface area contributed by atoms with E-state index >= 15 is 0 Å². The van der Waals surface area contributed by atoms with Gasteiger partial charge in [0.15, 0.2) is 5.96 Å². The standard InChI is InChI=1S/C20H26FN3O2.HI/c1-3-22-19(23-12-15-9-10-18(21)16(11-15)13-25)24-14-20(2,26)17-7-5-4-6-8-17;/h4-11,25-26H,3,12-14H2,1-2H3,(H2,22,23,24);1H. The minimum Gasteiger partial charge on any atom is -0.392 e. The lowest BCUT2D eigenvalue weighted by molar-refractivity contribution is 0.0617. The van der Waals surface area contributed by atoms with Crippen LogP contribution >= 0.6 is 24.0 Å². The Morgan fingerprint density at radius 2 is 1.85 bits per heavy atom. The summed E-state index contributed by atoms with van der Waals surface area (Å²) in [4.78, 5) is 4.46. The van der Waals surface area contributed by atoms with Crippen LogP contribution in [0.5, 0.6) is 0 Å². The van der Waals surface area contributed by atoms with Crippen molar-refractivity contribution in [3.63, 3.8) is 0 Å². The number of guanidine groups is 1. The number of hydrogen-bond donors (Lipinski definition) is 4. The van der Waals surface area contributed by atoms with Crippen LogP contribution in [-0.2, 0) is 18.8 Å². The minimum atomic E-state index is -1.04. The number of nitrogens with zero attached hydrogens (tertiary/aromatic N) is 1. The highest BCUT2D eigenvalue weighted by molar-refractivity contribution is 14.0. The SMILES string of the molecule is CCNC(=NCc1ccc(F)c(CO)c1)NCC(C)(O)c1ccccc1.I. The van der Waals surface area contributed by atoms with Gasteiger partial charge in [0.1, 0.15) is 11.4 Å². The molecule has 7 heteroatoms. The maximum absolute atomic E-state index is 13.5. The number of nitrogens with one attached hydrogen (secondary N) is 2. The Kier molecular flexibility index (Phi) is 9.68. The molecule has 5 nitrogen and oxygen atoms in total. The van der Waals surface area contributed by atoms with E-state index in [1.54, 1.807) is 19.1 Å². The first-order chi connectivity index (χ1) is 12.5. The molecule has 0 bridgehead atoms. The van der Waals surface area contributed by atoms with Gasteiger partial charge >= 0.3 is 0 Å². The van der Waals surface area contributed by atoms with Crippen LogP contribution in [-0.4, -0.2) is 29.3 Å². The van der Waals surface area contributed by atoms with Gasteiger partial charge in [-0.05, 0) is 37.1 Å². The number of hydrogen-bond acceptors (Lipinski definition) is 3. The molecule has 0 heterocycles. The maximum Gasteiger partial charge on any atom is 0.191 e. The topological polar surface area (TPSA) is 76.9 Å². The van der Waals surface area contributed by atoms with Crippen molar-refractivity contribution in [3.05, 3.63) is 71.0 Å². The Morgan fingerprint density at radius 1 is 1.15 bits per heavy atom. The predicted octanol–water partition coefficient (Wildman–Crippen LogP) is 2.90. The highest BCUT2D eigenvalue weighted by Crippen LogP contribution is 2.18. The number of rotatable bonds is 7. The van der Waals surface area contributed by atoms with Crippen LogP contribution in [0, 0.1) is 5.82 Å². The number of benzene rings is 2. The van der Waals surface area contributed by atoms with E-state index in [-0.39, 0.29) is 42.7 Å². The maximum atomic E-state index is 13.5. The van der Waals surface area contributed by atoms with Gasteiger partial charge in [-0.3, -0.25) is 0 Å². The second kappa shape index (κ2) is 11.2. The number of aliphatic hydroxyl groups is 2. The van der Waals surface area contributed by atoms with Gasteiger partial charge in [0.2, 0.25) is 0 Å². The van der Waals surface area contributed by atoms with Crippen LogP contribution in [0.25, 0.3) is 0 Å². The summed E-state index contributed by atoms with van der Waals surface area (Å²) in [5.74, 6) is 0.128. The van der Waals surface area contributed by atoms with Crippen molar-refractivity contribution < 1.29 is 14.6 Å². The molecular formula is C20H27FIN3O2. The van der Waals surface area contributed by atoms with Gasteiger partial charge < -0.3 is 20.8 Å². The van der Waals surface area contributed by atoms with E-state index in [9.17, 15) is 9.50 Å². The van der Waals surface area contributed by atoms with Crippen molar-refractivity contribution in [2.24, 2.45) is 4.99 Å². The first-order valence-electron chi connectivity index (χ1n) is 8.64. The van der Waals surface area contributed by atoms with Gasteiger partial charge in [-0.1, -0.05) is 36.4 Å². The van der Waals surface area contributed by atoms with Gasteiger partial charge in [-0.15, -0.1) is 24.0 Å². The largest absolute Gasteiger partial charge is 0.392 e. The highest BCUT2D eigenvalue weighted by atomic mass is 127. The van der Waals surface area contributed by atoms with Gasteiger partial charge in [0, 0.05) is 12.1 Å². The van der Waals surface area contributed by atoms with Gasteiger partial charge in [0.05, 0.1) is 19.7 Å². The second-order valence-electron chi connectivity index (χ2n) is 6.27. The molecule has 27 heavy (non-hydrogen) atoms. The predicted molar refractivity (Wildman–Crippen MR) is 117 cm³/mol. The number of halogens is 2. The zero-order valence-electron chi connectivity index (χ0n) is 15.6. The van der Waals surface area contributed by atoms with Crippen LogP contribution in [0.15, 0.2) is 53.5 Å². The Hall–Kier alpha value is -1.71. The Balaban J connectivity index is 0.00000364. The van der Waals surface area contributed by atoms with Gasteiger partial charge in [-0.2, -0.15) is 0 Å². The fourth-order valence-electron chi connectivity index (χ4n) is 2.51. The molecule has 0 aliphatic carbocycles. The third-order valence-corrected chi connectivity index (χ3v) is 4.04. The van der Waals surface area contributed by atoms with E-state index < -0.39 is 11.4 Å². The molecule has 0 aromatic heterocycles. The summed E-state index contributed by atoms with van der Waals surface area (Å²) in [6, 6.07) is 14.0. The summed E-state index contributed by atoms with van der Waals surface area (Å²) in [6.45, 7) is 4.64. The average Bonchev–Trinajstić information content (AvgIpc) is 2.66. The summed E-state index contributed by atoms with van der Waals surface area (Å²) in [5.41, 5.74) is 0.816. The Bertz CT molecular complexity index is 739. The molecule has 2 rings (SSSR count). The Labute approximate surface area is 176 Å². The molecule has 0 aliphatic rings. The molecule has 0 amide bonds. The van der Waals surface area contributed by atoms with Crippen LogP contribution in [0.3, 0.4) is 0 Å². The minimum absolute atomic E-state index is 0. The lowest BCUT2D eigenvalue weighted by Crippen LogP contribution is -2.44. The van der Waals surface area contributed by atoms with E-state index in [0.717, 1.165) is 11.1 Å². The zero-order chi connectivity index (χ0) is 19.0. The molecule has 1 unspecified atom stereocenters. The molecule has 4 N–H and O–H groups in total. The van der Waals surface area contributed by atoms with Crippen molar-refractivity contribution in [3.8, 4) is 0 Å². The molecule has 148 valence electrons. The molecular weight excluding hydrogens is 460 g/mol. The van der Waals surface area contributed by atoms with Crippen LogP contribution in [0.2, 0.25) is 0 Å². The second-order valence-corrected chi connectivity index (χ2v) is 6.27. The first-order valence-corrected chi connectivity index (χ1v) is 8.64. The lowest BCUT2D eigenvalue weighted by atomic mass is 9.96. The van der Waals surface area contributed by atoms with Crippen molar-refractivity contribution >= 4 is 29.9 Å². The van der Waals surface area contributed by atoms with Crippen molar-refractivity contribution in [1.82, 2.24) is 10.6 Å². The lowest BCUT2D eigenvalue weighted by Gasteiger charge is -2.25. The van der Waals surface area contributed by atoms with Crippen molar-refractivity contribution in [1.29, 1.82) is 0 Å². The van der Waals surface area contributed by atoms with Crippen LogP contribution in [0.1, 0.15) is 30.5 Å². The first kappa shape index (κ1) is 23.3. The van der Waals surface area contributed by atoms with Gasteiger partial charge in [-0.25, -0.2) is 9.38 Å². The van der Waals surface area contributed by atoms with Crippen LogP contribution in [0.4, 0.5) is 4.39 Å². The highest BCUT2D eigenvalue weighted by Gasteiger charge is 2.22. The molecule has 0 spiro atoms.